The number of halogens is 3. The van der Waals surface area contributed by atoms with Crippen molar-refractivity contribution in [1.29, 1.82) is 0 Å². The third kappa shape index (κ3) is 4.38. The van der Waals surface area contributed by atoms with E-state index in [2.05, 4.69) is 10.3 Å². The Balaban J connectivity index is 1.61. The maximum Gasteiger partial charge on any atom is 0.253 e. The molecule has 1 heterocycles. The van der Waals surface area contributed by atoms with E-state index in [1.54, 1.807) is 12.5 Å². The first-order chi connectivity index (χ1) is 12.0. The number of amides is 1. The number of rotatable bonds is 5. The predicted molar refractivity (Wildman–Crippen MR) is 95.4 cm³/mol. The number of nitrogens with zero attached hydrogens (tertiary/aromatic N) is 2. The van der Waals surface area contributed by atoms with E-state index in [0.29, 0.717) is 6.54 Å². The van der Waals surface area contributed by atoms with Gasteiger partial charge in [-0.15, -0.1) is 0 Å². The van der Waals surface area contributed by atoms with E-state index in [9.17, 15) is 9.18 Å². The molecule has 0 saturated carbocycles. The van der Waals surface area contributed by atoms with Gasteiger partial charge in [0.1, 0.15) is 5.82 Å². The summed E-state index contributed by atoms with van der Waals surface area (Å²) in [6.45, 7) is 1.04. The second kappa shape index (κ2) is 7.68. The standard InChI is InChI=1S/C18H14Cl2FN3O/c19-15-8-16(20)17(21)7-14(15)18(25)23-9-12-1-3-13(4-2-12)10-24-6-5-22-11-24/h1-8,11H,9-10H2,(H,23,25). The normalized spacial score (nSPS) is 10.7. The molecule has 3 aromatic rings. The smallest absolute Gasteiger partial charge is 0.253 e. The van der Waals surface area contributed by atoms with Gasteiger partial charge in [-0.1, -0.05) is 47.5 Å². The lowest BCUT2D eigenvalue weighted by atomic mass is 10.1. The van der Waals surface area contributed by atoms with Crippen molar-refractivity contribution in [3.8, 4) is 0 Å². The van der Waals surface area contributed by atoms with Crippen LogP contribution in [0.1, 0.15) is 21.5 Å². The third-order valence-electron chi connectivity index (χ3n) is 3.65. The minimum Gasteiger partial charge on any atom is -0.348 e. The quantitative estimate of drug-likeness (QED) is 0.673. The number of aromatic nitrogens is 2. The van der Waals surface area contributed by atoms with Crippen LogP contribution in [0.4, 0.5) is 4.39 Å². The summed E-state index contributed by atoms with van der Waals surface area (Å²) in [5.74, 6) is -1.14. The van der Waals surface area contributed by atoms with E-state index in [4.69, 9.17) is 23.2 Å². The van der Waals surface area contributed by atoms with Gasteiger partial charge in [-0.05, 0) is 23.3 Å². The number of hydrogen-bond acceptors (Lipinski definition) is 2. The second-order valence-corrected chi connectivity index (χ2v) is 6.29. The van der Waals surface area contributed by atoms with Gasteiger partial charge in [-0.2, -0.15) is 0 Å². The number of nitrogens with one attached hydrogen (secondary N) is 1. The van der Waals surface area contributed by atoms with Crippen LogP contribution in [0, 0.1) is 5.82 Å². The number of carbonyl (C=O) groups is 1. The van der Waals surface area contributed by atoms with Crippen LogP contribution in [0.15, 0.2) is 55.1 Å². The highest BCUT2D eigenvalue weighted by molar-refractivity contribution is 6.36. The van der Waals surface area contributed by atoms with Crippen LogP contribution in [0.25, 0.3) is 0 Å². The first-order valence-electron chi connectivity index (χ1n) is 7.49. The molecule has 3 rings (SSSR count). The van der Waals surface area contributed by atoms with Crippen LogP contribution in [-0.2, 0) is 13.1 Å². The summed E-state index contributed by atoms with van der Waals surface area (Å²) in [4.78, 5) is 16.2. The molecule has 0 fully saturated rings. The Morgan fingerprint density at radius 2 is 1.84 bits per heavy atom. The van der Waals surface area contributed by atoms with E-state index in [1.807, 2.05) is 35.0 Å². The molecule has 1 amide bonds. The number of hydrogen-bond donors (Lipinski definition) is 1. The van der Waals surface area contributed by atoms with Gasteiger partial charge in [0.15, 0.2) is 0 Å². The molecule has 0 aliphatic heterocycles. The molecule has 0 saturated heterocycles. The molecule has 0 bridgehead atoms. The third-order valence-corrected chi connectivity index (χ3v) is 4.26. The number of imidazole rings is 1. The predicted octanol–water partition coefficient (Wildman–Crippen LogP) is 4.31. The van der Waals surface area contributed by atoms with Gasteiger partial charge in [0.25, 0.3) is 5.91 Å². The van der Waals surface area contributed by atoms with Crippen molar-refractivity contribution in [2.75, 3.05) is 0 Å². The number of benzene rings is 2. The Morgan fingerprint density at radius 3 is 2.52 bits per heavy atom. The molecule has 128 valence electrons. The lowest BCUT2D eigenvalue weighted by Gasteiger charge is -2.09. The second-order valence-electron chi connectivity index (χ2n) is 5.48. The Bertz CT molecular complexity index is 880. The summed E-state index contributed by atoms with van der Waals surface area (Å²) in [5, 5.41) is 2.71. The molecule has 0 unspecified atom stereocenters. The van der Waals surface area contributed by atoms with Crippen molar-refractivity contribution in [3.63, 3.8) is 0 Å². The van der Waals surface area contributed by atoms with Crippen molar-refractivity contribution in [2.24, 2.45) is 0 Å². The minimum atomic E-state index is -0.680. The van der Waals surface area contributed by atoms with Crippen LogP contribution in [0.3, 0.4) is 0 Å². The fourth-order valence-corrected chi connectivity index (χ4v) is 2.80. The molecule has 0 aliphatic carbocycles. The molecule has 1 aromatic heterocycles. The summed E-state index contributed by atoms with van der Waals surface area (Å²) in [6, 6.07) is 10.1. The Morgan fingerprint density at radius 1 is 1.12 bits per heavy atom. The maximum absolute atomic E-state index is 13.5. The highest BCUT2D eigenvalue weighted by Gasteiger charge is 2.14. The zero-order chi connectivity index (χ0) is 17.8. The molecule has 2 aromatic carbocycles. The van der Waals surface area contributed by atoms with Gasteiger partial charge < -0.3 is 9.88 Å². The monoisotopic (exact) mass is 377 g/mol. The fraction of sp³-hybridized carbons (Fsp3) is 0.111. The highest BCUT2D eigenvalue weighted by atomic mass is 35.5. The molecular formula is C18H14Cl2FN3O. The van der Waals surface area contributed by atoms with E-state index in [0.717, 1.165) is 23.7 Å². The first kappa shape index (κ1) is 17.5. The van der Waals surface area contributed by atoms with Crippen LogP contribution >= 0.6 is 23.2 Å². The van der Waals surface area contributed by atoms with Gasteiger partial charge in [-0.25, -0.2) is 9.37 Å². The van der Waals surface area contributed by atoms with E-state index < -0.39 is 11.7 Å². The van der Waals surface area contributed by atoms with Gasteiger partial charge in [0.05, 0.1) is 21.9 Å². The average molecular weight is 378 g/mol. The lowest BCUT2D eigenvalue weighted by molar-refractivity contribution is 0.0950. The molecule has 25 heavy (non-hydrogen) atoms. The van der Waals surface area contributed by atoms with E-state index in [-0.39, 0.29) is 15.6 Å². The summed E-state index contributed by atoms with van der Waals surface area (Å²) >= 11 is 11.6. The van der Waals surface area contributed by atoms with Crippen molar-refractivity contribution >= 4 is 29.1 Å². The largest absolute Gasteiger partial charge is 0.348 e. The SMILES string of the molecule is O=C(NCc1ccc(Cn2ccnc2)cc1)c1cc(F)c(Cl)cc1Cl. The first-order valence-corrected chi connectivity index (χ1v) is 8.25. The van der Waals surface area contributed by atoms with Crippen LogP contribution in [0.5, 0.6) is 0 Å². The van der Waals surface area contributed by atoms with Crippen LogP contribution in [-0.4, -0.2) is 15.5 Å². The molecule has 0 spiro atoms. The highest BCUT2D eigenvalue weighted by Crippen LogP contribution is 2.24. The number of carbonyl (C=O) groups excluding carboxylic acids is 1. The Kier molecular flexibility index (Phi) is 5.36. The molecule has 7 heteroatoms. The van der Waals surface area contributed by atoms with Crippen LogP contribution < -0.4 is 5.32 Å². The van der Waals surface area contributed by atoms with Crippen molar-refractivity contribution in [3.05, 3.63) is 87.7 Å². The fourth-order valence-electron chi connectivity index (χ4n) is 2.33. The summed E-state index contributed by atoms with van der Waals surface area (Å²) in [5.41, 5.74) is 2.10. The molecule has 4 nitrogen and oxygen atoms in total. The van der Waals surface area contributed by atoms with Gasteiger partial charge in [-0.3, -0.25) is 4.79 Å². The molecule has 1 N–H and O–H groups in total. The van der Waals surface area contributed by atoms with Gasteiger partial charge in [0.2, 0.25) is 0 Å². The zero-order valence-electron chi connectivity index (χ0n) is 13.0. The van der Waals surface area contributed by atoms with Crippen molar-refractivity contribution in [1.82, 2.24) is 14.9 Å². The molecular weight excluding hydrogens is 364 g/mol. The van der Waals surface area contributed by atoms with Gasteiger partial charge >= 0.3 is 0 Å². The Hall–Kier alpha value is -2.37. The Labute approximate surface area is 154 Å². The summed E-state index contributed by atoms with van der Waals surface area (Å²) in [6.07, 6.45) is 5.38. The zero-order valence-corrected chi connectivity index (χ0v) is 14.6. The minimum absolute atomic E-state index is 0.0558. The molecule has 0 atom stereocenters. The van der Waals surface area contributed by atoms with Crippen LogP contribution in [0.2, 0.25) is 10.0 Å². The maximum atomic E-state index is 13.5. The van der Waals surface area contributed by atoms with E-state index >= 15 is 0 Å². The summed E-state index contributed by atoms with van der Waals surface area (Å²) in [7, 11) is 0. The van der Waals surface area contributed by atoms with Crippen molar-refractivity contribution in [2.45, 2.75) is 13.1 Å². The lowest BCUT2D eigenvalue weighted by Crippen LogP contribution is -2.23. The van der Waals surface area contributed by atoms with Crippen molar-refractivity contribution < 1.29 is 9.18 Å². The average Bonchev–Trinajstić information content (AvgIpc) is 3.10. The molecule has 0 aliphatic rings. The topological polar surface area (TPSA) is 46.9 Å². The molecule has 0 radical (unpaired) electrons. The van der Waals surface area contributed by atoms with Gasteiger partial charge in [0, 0.05) is 25.5 Å². The van der Waals surface area contributed by atoms with E-state index in [1.165, 1.54) is 6.07 Å². The summed E-state index contributed by atoms with van der Waals surface area (Å²) < 4.78 is 15.5.